The minimum atomic E-state index is -0.608. The summed E-state index contributed by atoms with van der Waals surface area (Å²) in [6, 6.07) is 0. The fourth-order valence-electron chi connectivity index (χ4n) is 3.43. The second-order valence-electron chi connectivity index (χ2n) is 9.03. The van der Waals surface area contributed by atoms with Crippen LogP contribution in [0.5, 0.6) is 0 Å². The molecule has 0 aromatic carbocycles. The van der Waals surface area contributed by atoms with Gasteiger partial charge in [0.05, 0.1) is 7.11 Å². The number of carbonyl (C=O) groups excluding carboxylic acids is 2. The lowest BCUT2D eigenvalue weighted by Crippen LogP contribution is -2.24. The van der Waals surface area contributed by atoms with Gasteiger partial charge in [-0.2, -0.15) is 0 Å². The van der Waals surface area contributed by atoms with Crippen LogP contribution in [0.2, 0.25) is 0 Å². The standard InChI is InChI=1S/C22H32N2O4/c1-13-12-22(6,7)17(23-13)11-16-14(2)15(9-10-18(25)27-8)19(24-16)20(26)28-21(3,4)5/h11,24H,9-10,12H2,1-8H3/b17-11+. The molecule has 1 aliphatic rings. The summed E-state index contributed by atoms with van der Waals surface area (Å²) in [4.78, 5) is 32.3. The number of hydrogen-bond acceptors (Lipinski definition) is 5. The first-order valence-corrected chi connectivity index (χ1v) is 9.62. The summed E-state index contributed by atoms with van der Waals surface area (Å²) in [6.45, 7) is 13.8. The van der Waals surface area contributed by atoms with Crippen molar-refractivity contribution in [2.45, 2.75) is 73.3 Å². The normalized spacial score (nSPS) is 17.6. The number of methoxy groups -OCH3 is 1. The lowest BCUT2D eigenvalue weighted by molar-refractivity contribution is -0.140. The van der Waals surface area contributed by atoms with Crippen LogP contribution < -0.4 is 0 Å². The third-order valence-corrected chi connectivity index (χ3v) is 4.81. The van der Waals surface area contributed by atoms with Crippen molar-refractivity contribution in [1.29, 1.82) is 0 Å². The molecule has 1 aromatic heterocycles. The van der Waals surface area contributed by atoms with Crippen molar-refractivity contribution in [2.75, 3.05) is 7.11 Å². The van der Waals surface area contributed by atoms with Crippen LogP contribution in [0, 0.1) is 12.3 Å². The zero-order valence-electron chi connectivity index (χ0n) is 18.3. The van der Waals surface area contributed by atoms with Crippen LogP contribution in [0.3, 0.4) is 0 Å². The number of aromatic amines is 1. The fraction of sp³-hybridized carbons (Fsp3) is 0.591. The van der Waals surface area contributed by atoms with Crippen LogP contribution in [0.15, 0.2) is 10.7 Å². The summed E-state index contributed by atoms with van der Waals surface area (Å²) < 4.78 is 10.3. The van der Waals surface area contributed by atoms with Gasteiger partial charge in [-0.05, 0) is 64.7 Å². The van der Waals surface area contributed by atoms with Gasteiger partial charge in [0.25, 0.3) is 0 Å². The Morgan fingerprint density at radius 1 is 1.25 bits per heavy atom. The van der Waals surface area contributed by atoms with Gasteiger partial charge in [-0.25, -0.2) is 4.79 Å². The van der Waals surface area contributed by atoms with Crippen LogP contribution >= 0.6 is 0 Å². The van der Waals surface area contributed by atoms with E-state index in [1.54, 1.807) is 0 Å². The van der Waals surface area contributed by atoms with Gasteiger partial charge in [-0.15, -0.1) is 0 Å². The van der Waals surface area contributed by atoms with E-state index in [0.717, 1.165) is 34.7 Å². The average molecular weight is 389 g/mol. The summed E-state index contributed by atoms with van der Waals surface area (Å²) >= 11 is 0. The molecule has 154 valence electrons. The molecule has 2 heterocycles. The maximum atomic E-state index is 12.8. The van der Waals surface area contributed by atoms with Gasteiger partial charge in [-0.3, -0.25) is 9.79 Å². The van der Waals surface area contributed by atoms with Gasteiger partial charge < -0.3 is 14.5 Å². The lowest BCUT2D eigenvalue weighted by atomic mass is 9.86. The van der Waals surface area contributed by atoms with E-state index in [4.69, 9.17) is 9.47 Å². The Labute approximate surface area is 167 Å². The van der Waals surface area contributed by atoms with Gasteiger partial charge in [0.15, 0.2) is 0 Å². The number of aromatic nitrogens is 1. The van der Waals surface area contributed by atoms with E-state index in [9.17, 15) is 9.59 Å². The molecule has 0 atom stereocenters. The van der Waals surface area contributed by atoms with Crippen molar-refractivity contribution < 1.29 is 19.1 Å². The van der Waals surface area contributed by atoms with Gasteiger partial charge in [-0.1, -0.05) is 13.8 Å². The molecule has 0 saturated carbocycles. The molecule has 6 nitrogen and oxygen atoms in total. The van der Waals surface area contributed by atoms with E-state index >= 15 is 0 Å². The van der Waals surface area contributed by atoms with Crippen LogP contribution in [0.4, 0.5) is 0 Å². The van der Waals surface area contributed by atoms with Gasteiger partial charge in [0.2, 0.25) is 0 Å². The molecule has 0 bridgehead atoms. The van der Waals surface area contributed by atoms with E-state index in [-0.39, 0.29) is 17.8 Å². The van der Waals surface area contributed by atoms with Crippen LogP contribution in [0.25, 0.3) is 6.08 Å². The Morgan fingerprint density at radius 3 is 2.39 bits per heavy atom. The van der Waals surface area contributed by atoms with E-state index in [0.29, 0.717) is 12.1 Å². The number of esters is 2. The SMILES string of the molecule is COC(=O)CCc1c(C(=O)OC(C)(C)C)[nH]c(/C=C2/N=C(C)CC2(C)C)c1C. The van der Waals surface area contributed by atoms with Crippen LogP contribution in [-0.4, -0.2) is 35.3 Å². The molecule has 0 radical (unpaired) electrons. The third-order valence-electron chi connectivity index (χ3n) is 4.81. The fourth-order valence-corrected chi connectivity index (χ4v) is 3.43. The third kappa shape index (κ3) is 5.12. The summed E-state index contributed by atoms with van der Waals surface area (Å²) in [6.07, 6.45) is 3.51. The highest BCUT2D eigenvalue weighted by Crippen LogP contribution is 2.39. The lowest BCUT2D eigenvalue weighted by Gasteiger charge is -2.19. The Bertz CT molecular complexity index is 835. The molecule has 1 aromatic rings. The summed E-state index contributed by atoms with van der Waals surface area (Å²) in [5.74, 6) is -0.738. The van der Waals surface area contributed by atoms with Crippen molar-refractivity contribution in [2.24, 2.45) is 10.4 Å². The molecule has 0 aliphatic carbocycles. The number of rotatable bonds is 5. The number of aliphatic imine (C=N–C) groups is 1. The molecule has 28 heavy (non-hydrogen) atoms. The highest BCUT2D eigenvalue weighted by atomic mass is 16.6. The first-order chi connectivity index (χ1) is 12.8. The second kappa shape index (κ2) is 7.94. The first-order valence-electron chi connectivity index (χ1n) is 9.62. The number of carbonyl (C=O) groups is 2. The number of nitrogens with one attached hydrogen (secondary N) is 1. The summed E-state index contributed by atoms with van der Waals surface area (Å²) in [5, 5.41) is 0. The van der Waals surface area contributed by atoms with Crippen molar-refractivity contribution in [3.05, 3.63) is 28.2 Å². The molecule has 0 spiro atoms. The molecule has 6 heteroatoms. The van der Waals surface area contributed by atoms with Crippen molar-refractivity contribution in [3.8, 4) is 0 Å². The average Bonchev–Trinajstić information content (AvgIpc) is 2.99. The number of nitrogens with zero attached hydrogens (tertiary/aromatic N) is 1. The maximum Gasteiger partial charge on any atom is 0.355 e. The van der Waals surface area contributed by atoms with Crippen molar-refractivity contribution >= 4 is 23.7 Å². The Morgan fingerprint density at radius 2 is 1.89 bits per heavy atom. The Kier molecular flexibility index (Phi) is 6.21. The highest BCUT2D eigenvalue weighted by Gasteiger charge is 2.31. The van der Waals surface area contributed by atoms with Gasteiger partial charge >= 0.3 is 11.9 Å². The molecular formula is C22H32N2O4. The number of hydrogen-bond donors (Lipinski definition) is 1. The van der Waals surface area contributed by atoms with Crippen molar-refractivity contribution in [1.82, 2.24) is 4.98 Å². The topological polar surface area (TPSA) is 80.8 Å². The molecule has 0 fully saturated rings. The van der Waals surface area contributed by atoms with E-state index in [1.807, 2.05) is 40.7 Å². The smallest absolute Gasteiger partial charge is 0.355 e. The maximum absolute atomic E-state index is 12.8. The summed E-state index contributed by atoms with van der Waals surface area (Å²) in [7, 11) is 1.36. The molecule has 0 unspecified atom stereocenters. The Hall–Kier alpha value is -2.37. The van der Waals surface area contributed by atoms with E-state index in [2.05, 4.69) is 23.8 Å². The van der Waals surface area contributed by atoms with E-state index < -0.39 is 11.6 Å². The minimum Gasteiger partial charge on any atom is -0.469 e. The predicted octanol–water partition coefficient (Wildman–Crippen LogP) is 4.62. The monoisotopic (exact) mass is 388 g/mol. The summed E-state index contributed by atoms with van der Waals surface area (Å²) in [5.41, 5.74) is 4.32. The number of H-pyrrole nitrogens is 1. The molecule has 2 rings (SSSR count). The quantitative estimate of drug-likeness (QED) is 0.747. The first kappa shape index (κ1) is 21.9. The van der Waals surface area contributed by atoms with Crippen molar-refractivity contribution in [3.63, 3.8) is 0 Å². The van der Waals surface area contributed by atoms with Crippen LogP contribution in [-0.2, 0) is 20.7 Å². The Balaban J connectivity index is 2.47. The predicted molar refractivity (Wildman–Crippen MR) is 111 cm³/mol. The minimum absolute atomic E-state index is 0.0557. The highest BCUT2D eigenvalue weighted by molar-refractivity contribution is 5.92. The molecule has 1 aliphatic heterocycles. The molecular weight excluding hydrogens is 356 g/mol. The number of ether oxygens (including phenoxy) is 2. The van der Waals surface area contributed by atoms with Crippen LogP contribution in [0.1, 0.15) is 81.7 Å². The zero-order chi connectivity index (χ0) is 21.3. The molecule has 0 amide bonds. The number of allylic oxidation sites excluding steroid dienone is 1. The molecule has 1 N–H and O–H groups in total. The molecule has 0 saturated heterocycles. The van der Waals surface area contributed by atoms with E-state index in [1.165, 1.54) is 7.11 Å². The second-order valence-corrected chi connectivity index (χ2v) is 9.03. The van der Waals surface area contributed by atoms with Gasteiger partial charge in [0, 0.05) is 28.9 Å². The zero-order valence-corrected chi connectivity index (χ0v) is 18.3. The van der Waals surface area contributed by atoms with Gasteiger partial charge in [0.1, 0.15) is 11.3 Å². The largest absolute Gasteiger partial charge is 0.469 e.